The molecule has 0 bridgehead atoms. The highest BCUT2D eigenvalue weighted by Gasteiger charge is 2.55. The van der Waals surface area contributed by atoms with Gasteiger partial charge in [0.15, 0.2) is 0 Å². The minimum Gasteiger partial charge on any atom is -0.382 e. The molecule has 0 saturated carbocycles. The molecular weight excluding hydrogens is 268 g/mol. The van der Waals surface area contributed by atoms with Crippen LogP contribution in [0.5, 0.6) is 0 Å². The van der Waals surface area contributed by atoms with Crippen LogP contribution >= 0.6 is 0 Å². The summed E-state index contributed by atoms with van der Waals surface area (Å²) in [4.78, 5) is 0.176. The molecule has 0 aliphatic carbocycles. The van der Waals surface area contributed by atoms with Crippen LogP contribution in [0.1, 0.15) is 38.5 Å². The van der Waals surface area contributed by atoms with Gasteiger partial charge in [-0.25, -0.2) is 0 Å². The Morgan fingerprint density at radius 1 is 1.21 bits per heavy atom. The summed E-state index contributed by atoms with van der Waals surface area (Å²) in [6.07, 6.45) is 7.64. The second kappa shape index (κ2) is 6.25. The van der Waals surface area contributed by atoms with Crippen LogP contribution in [0.25, 0.3) is 0 Å². The SMILES string of the molecule is C=C[SiH](C)C1([Si](C)(C)C2CCCCO2)CCCCO1. The summed E-state index contributed by atoms with van der Waals surface area (Å²) in [5, 5.41) is 0. The van der Waals surface area contributed by atoms with E-state index in [9.17, 15) is 0 Å². The van der Waals surface area contributed by atoms with Crippen molar-refractivity contribution in [2.24, 2.45) is 0 Å². The number of hydrogen-bond acceptors (Lipinski definition) is 2. The topological polar surface area (TPSA) is 18.5 Å². The second-order valence-corrected chi connectivity index (χ2v) is 15.3. The molecule has 2 rings (SSSR count). The molecule has 0 aromatic carbocycles. The molecule has 2 aliphatic rings. The zero-order valence-electron chi connectivity index (χ0n) is 12.9. The molecule has 0 spiro atoms. The van der Waals surface area contributed by atoms with E-state index in [-0.39, 0.29) is 4.85 Å². The predicted octanol–water partition coefficient (Wildman–Crippen LogP) is 3.40. The van der Waals surface area contributed by atoms with Crippen LogP contribution in [0.2, 0.25) is 19.6 Å². The zero-order chi connectivity index (χ0) is 13.9. The quantitative estimate of drug-likeness (QED) is 0.741. The number of ether oxygens (including phenoxy) is 2. The molecule has 0 aromatic heterocycles. The molecule has 2 aliphatic heterocycles. The molecule has 3 atom stereocenters. The van der Waals surface area contributed by atoms with Gasteiger partial charge in [0.25, 0.3) is 0 Å². The van der Waals surface area contributed by atoms with Gasteiger partial charge in [-0.05, 0) is 38.5 Å². The Morgan fingerprint density at radius 3 is 2.47 bits per heavy atom. The van der Waals surface area contributed by atoms with E-state index in [0.717, 1.165) is 13.2 Å². The van der Waals surface area contributed by atoms with E-state index in [2.05, 4.69) is 31.9 Å². The van der Waals surface area contributed by atoms with Gasteiger partial charge in [-0.2, -0.15) is 0 Å². The highest BCUT2D eigenvalue weighted by Crippen LogP contribution is 2.41. The van der Waals surface area contributed by atoms with E-state index < -0.39 is 16.9 Å². The molecule has 110 valence electrons. The van der Waals surface area contributed by atoms with E-state index >= 15 is 0 Å². The van der Waals surface area contributed by atoms with Gasteiger partial charge in [0.2, 0.25) is 0 Å². The minimum absolute atomic E-state index is 0.176. The summed E-state index contributed by atoms with van der Waals surface area (Å²) in [6.45, 7) is 13.5. The van der Waals surface area contributed by atoms with Gasteiger partial charge < -0.3 is 9.47 Å². The average Bonchev–Trinajstić information content (AvgIpc) is 2.47. The second-order valence-electron chi connectivity index (χ2n) is 6.80. The Bertz CT molecular complexity index is 305. The fourth-order valence-electron chi connectivity index (χ4n) is 4.04. The van der Waals surface area contributed by atoms with Gasteiger partial charge in [0.1, 0.15) is 8.07 Å². The lowest BCUT2D eigenvalue weighted by atomic mass is 10.2. The third-order valence-corrected chi connectivity index (χ3v) is 16.3. The van der Waals surface area contributed by atoms with Crippen molar-refractivity contribution in [1.29, 1.82) is 0 Å². The van der Waals surface area contributed by atoms with Gasteiger partial charge in [-0.15, -0.1) is 12.3 Å². The van der Waals surface area contributed by atoms with E-state index in [1.165, 1.54) is 38.5 Å². The fraction of sp³-hybridized carbons (Fsp3) is 0.867. The first-order chi connectivity index (χ1) is 9.04. The van der Waals surface area contributed by atoms with Gasteiger partial charge >= 0.3 is 0 Å². The fourth-order valence-corrected chi connectivity index (χ4v) is 14.4. The lowest BCUT2D eigenvalue weighted by Gasteiger charge is -2.53. The summed E-state index contributed by atoms with van der Waals surface area (Å²) in [5.41, 5.74) is 2.73. The molecular formula is C15H30O2Si2. The maximum Gasteiger partial charge on any atom is 0.114 e. The Labute approximate surface area is 121 Å². The summed E-state index contributed by atoms with van der Waals surface area (Å²) in [6, 6.07) is 0. The number of hydrogen-bond donors (Lipinski definition) is 0. The van der Waals surface area contributed by atoms with Gasteiger partial charge in [0, 0.05) is 13.2 Å². The Morgan fingerprint density at radius 2 is 1.95 bits per heavy atom. The third-order valence-electron chi connectivity index (χ3n) is 5.47. The van der Waals surface area contributed by atoms with Crippen molar-refractivity contribution < 1.29 is 9.47 Å². The van der Waals surface area contributed by atoms with E-state index in [4.69, 9.17) is 9.47 Å². The zero-order valence-corrected chi connectivity index (χ0v) is 15.1. The third kappa shape index (κ3) is 2.78. The Balaban J connectivity index is 2.26. The maximum absolute atomic E-state index is 6.51. The molecule has 2 nitrogen and oxygen atoms in total. The Hall–Kier alpha value is 0.0938. The van der Waals surface area contributed by atoms with Gasteiger partial charge in [-0.1, -0.05) is 19.6 Å². The molecule has 2 fully saturated rings. The molecule has 2 heterocycles. The molecule has 4 heteroatoms. The highest BCUT2D eigenvalue weighted by atomic mass is 28.4. The minimum atomic E-state index is -1.59. The van der Waals surface area contributed by atoms with Crippen molar-refractivity contribution in [3.8, 4) is 0 Å². The first-order valence-electron chi connectivity index (χ1n) is 7.93. The summed E-state index contributed by atoms with van der Waals surface area (Å²) in [7, 11) is -2.66. The van der Waals surface area contributed by atoms with Crippen LogP contribution in [0.3, 0.4) is 0 Å². The van der Waals surface area contributed by atoms with E-state index in [1.807, 2.05) is 0 Å². The van der Waals surface area contributed by atoms with Gasteiger partial charge in [-0.3, -0.25) is 0 Å². The molecule has 0 amide bonds. The summed E-state index contributed by atoms with van der Waals surface area (Å²) in [5.74, 6) is 0. The molecule has 0 radical (unpaired) electrons. The first-order valence-corrected chi connectivity index (χ1v) is 13.4. The lowest BCUT2D eigenvalue weighted by molar-refractivity contribution is 0.00603. The predicted molar refractivity (Wildman–Crippen MR) is 86.8 cm³/mol. The number of rotatable bonds is 4. The molecule has 0 aromatic rings. The van der Waals surface area contributed by atoms with Crippen molar-refractivity contribution in [3.05, 3.63) is 12.3 Å². The van der Waals surface area contributed by atoms with Crippen LogP contribution in [0.15, 0.2) is 12.3 Å². The van der Waals surface area contributed by atoms with E-state index in [1.54, 1.807) is 0 Å². The van der Waals surface area contributed by atoms with E-state index in [0.29, 0.717) is 5.73 Å². The van der Waals surface area contributed by atoms with Crippen LogP contribution in [-0.4, -0.2) is 40.7 Å². The van der Waals surface area contributed by atoms with Crippen molar-refractivity contribution >= 4 is 16.9 Å². The molecule has 3 unspecified atom stereocenters. The molecule has 2 saturated heterocycles. The molecule has 19 heavy (non-hydrogen) atoms. The van der Waals surface area contributed by atoms with Crippen molar-refractivity contribution in [2.75, 3.05) is 13.2 Å². The normalized spacial score (nSPS) is 34.8. The van der Waals surface area contributed by atoms with Crippen molar-refractivity contribution in [3.63, 3.8) is 0 Å². The summed E-state index contributed by atoms with van der Waals surface area (Å²) >= 11 is 0. The van der Waals surface area contributed by atoms with Crippen molar-refractivity contribution in [1.82, 2.24) is 0 Å². The van der Waals surface area contributed by atoms with Crippen LogP contribution in [0.4, 0.5) is 0 Å². The van der Waals surface area contributed by atoms with Crippen molar-refractivity contribution in [2.45, 2.75) is 68.7 Å². The Kier molecular flexibility index (Phi) is 5.09. The van der Waals surface area contributed by atoms with Crippen LogP contribution in [0, 0.1) is 0 Å². The maximum atomic E-state index is 6.51. The largest absolute Gasteiger partial charge is 0.382 e. The smallest absolute Gasteiger partial charge is 0.114 e. The summed E-state index contributed by atoms with van der Waals surface area (Å²) < 4.78 is 12.7. The average molecular weight is 299 g/mol. The first kappa shape index (κ1) is 15.5. The van der Waals surface area contributed by atoms with Gasteiger partial charge in [0.05, 0.1) is 19.4 Å². The monoisotopic (exact) mass is 298 g/mol. The highest BCUT2D eigenvalue weighted by molar-refractivity contribution is 6.94. The standard InChI is InChI=1S/C15H30O2Si2/c1-5-18(2)15(11-7-9-13-17-15)19(3,4)14-10-6-8-12-16-14/h5,14,18H,1,6-13H2,2-4H3. The van der Waals surface area contributed by atoms with Crippen LogP contribution < -0.4 is 0 Å². The molecule has 0 N–H and O–H groups in total. The van der Waals surface area contributed by atoms with Crippen LogP contribution in [-0.2, 0) is 9.47 Å². The lowest BCUT2D eigenvalue weighted by Crippen LogP contribution is -2.71.